The largest absolute Gasteiger partial charge is 1.00 e. The molecule has 0 spiro atoms. The van der Waals surface area contributed by atoms with Crippen molar-refractivity contribution in [2.45, 2.75) is 118 Å². The Bertz CT molecular complexity index is 5590. The number of carbonyl (C=O) groups excluding carboxylic acids is 3. The average molecular weight is 2460 g/mol. The van der Waals surface area contributed by atoms with Crippen LogP contribution in [0, 0.1) is 153 Å². The number of nitrogens with one attached hydrogen (secondary N) is 1. The third kappa shape index (κ3) is 38.9. The number of rotatable bonds is 35. The molecule has 9 aromatic carbocycles. The van der Waals surface area contributed by atoms with Gasteiger partial charge in [0.1, 0.15) is 41.7 Å². The van der Waals surface area contributed by atoms with E-state index in [1.807, 2.05) is 225 Å². The van der Waals surface area contributed by atoms with Crippen LogP contribution in [0.4, 0.5) is 0 Å². The Labute approximate surface area is 913 Å². The van der Waals surface area contributed by atoms with E-state index in [0.29, 0.717) is 36.9 Å². The number of aromatic nitrogens is 6. The third-order valence-corrected chi connectivity index (χ3v) is 20.7. The van der Waals surface area contributed by atoms with E-state index in [1.165, 1.54) is 42.0 Å². The number of aliphatic carboxylic acids is 1. The number of benzene rings is 9. The number of carboxylic acids is 1. The summed E-state index contributed by atoms with van der Waals surface area (Å²) in [5.41, 5.74) is 16.0. The molecule has 3 atom stereocenters. The number of ether oxygens (including phenoxy) is 2. The van der Waals surface area contributed by atoms with Crippen molar-refractivity contribution < 1.29 is 237 Å². The molecule has 30 heteroatoms. The molecular weight excluding hydrogens is 2340 g/mol. The topological polar surface area (TPSA) is 311 Å². The van der Waals surface area contributed by atoms with Crippen molar-refractivity contribution in [3.63, 3.8) is 0 Å². The number of esters is 2. The Morgan fingerprint density at radius 3 is 0.970 bits per heavy atom. The number of aryl methyl sites for hydroxylation is 3. The number of nitrogens with zero attached hydrogens (tertiary/aromatic N) is 8. The van der Waals surface area contributed by atoms with Crippen LogP contribution in [0.1, 0.15) is 118 Å². The molecule has 0 saturated carbocycles. The Kier molecular flexibility index (Phi) is 60.3. The van der Waals surface area contributed by atoms with E-state index in [2.05, 4.69) is 137 Å². The minimum atomic E-state index is -0.831. The van der Waals surface area contributed by atoms with Gasteiger partial charge in [0.25, 0.3) is 0 Å². The summed E-state index contributed by atoms with van der Waals surface area (Å²) in [4.78, 5) is 65.6. The van der Waals surface area contributed by atoms with Gasteiger partial charge in [0.2, 0.25) is 17.7 Å². The molecule has 6 heterocycles. The van der Waals surface area contributed by atoms with E-state index < -0.39 is 12.0 Å². The molecule has 0 aliphatic carbocycles. The van der Waals surface area contributed by atoms with Crippen molar-refractivity contribution in [2.24, 2.45) is 0 Å². The number of carboxylic acid groups (broad SMARTS) is 1. The van der Waals surface area contributed by atoms with Crippen LogP contribution >= 0.6 is 12.4 Å². The number of oxazole rings is 3. The molecule has 15 rings (SSSR count). The molecular formula is C102H117Ac3BClFN9NaO14-. The Morgan fingerprint density at radius 2 is 0.682 bits per heavy atom. The van der Waals surface area contributed by atoms with Gasteiger partial charge in [-0.2, -0.15) is 0 Å². The van der Waals surface area contributed by atoms with Gasteiger partial charge in [-0.25, -0.2) is 29.3 Å². The van der Waals surface area contributed by atoms with Crippen LogP contribution in [0.15, 0.2) is 342 Å². The number of carbonyl (C=O) groups is 4. The molecule has 7 N–H and O–H groups in total. The van der Waals surface area contributed by atoms with Gasteiger partial charge in [0.15, 0.2) is 0 Å². The van der Waals surface area contributed by atoms with Crippen LogP contribution in [-0.4, -0.2) is 131 Å². The van der Waals surface area contributed by atoms with Gasteiger partial charge in [-0.15, -0.1) is 12.4 Å². The predicted octanol–water partition coefficient (Wildman–Crippen LogP) is 13.3. The maximum Gasteiger partial charge on any atom is 1.00 e. The second-order valence-corrected chi connectivity index (χ2v) is 29.4. The number of halogens is 2. The Hall–Kier alpha value is -8.14. The molecule has 6 aromatic heterocycles. The molecule has 0 bridgehead atoms. The zero-order valence-corrected chi connectivity index (χ0v) is 91.6. The van der Waals surface area contributed by atoms with Crippen LogP contribution < -0.4 is 39.6 Å². The van der Waals surface area contributed by atoms with Crippen molar-refractivity contribution in [2.75, 3.05) is 33.9 Å². The molecule has 0 amide bonds. The molecule has 0 aliphatic heterocycles. The van der Waals surface area contributed by atoms with E-state index in [9.17, 15) is 24.3 Å². The number of hydrogen-bond donors (Lipinski definition) is 5. The van der Waals surface area contributed by atoms with Crippen LogP contribution in [0.2, 0.25) is 0 Å². The maximum atomic E-state index is 12.4. The second-order valence-electron chi connectivity index (χ2n) is 29.4. The minimum absolute atomic E-state index is 0. The number of methoxy groups -OCH3 is 2. The summed E-state index contributed by atoms with van der Waals surface area (Å²) in [5.74, 6) is 3.27. The first kappa shape index (κ1) is 120. The monoisotopic (exact) mass is 2460 g/mol. The molecule has 0 fully saturated rings. The van der Waals surface area contributed by atoms with Crippen molar-refractivity contribution >= 4 is 44.7 Å². The fourth-order valence-electron chi connectivity index (χ4n) is 14.1. The van der Waals surface area contributed by atoms with Crippen molar-refractivity contribution in [3.05, 3.63) is 413 Å². The standard InChI is InChI=1S/C34H35N3O3.C33H33N3O3.C27H29N3O3.C7H6O.CH4.3Ac.BHO.ClH.FH.Na.H2O2.H2O.2H2/c1-26-31(35-33(40-26)30-13-7-4-8-14-30)19-22-36(24-28-11-5-3-6-12-28)25-29-17-15-27(16-18-29)23-32(34(38)39-2)37-20-9-10-21-37;1-25-30(34-32(39-25)29-12-6-3-7-13-29)18-21-35(23-27-10-4-2-5-11-27)24-28-16-14-26(15-17-28)22-31(33(37)38)36-19-8-9-20-36;1-20-24(29-26(33-20)23-8-4-3-5-9-23)14-15-28-19-22-12-10-21(11-13-22)18-25(27(31)32-2)30-16-6-7-17-30;8-6-7-4-2-1-3-5-7;;;;;1-2;;;;1-2;;;/h3-18,20-21,32H,19,22-25H2,1-2H3;2-17,19-20,31H,18,21-24H2,1H3,(H,37,38);3-13,16-17,25,28H,14-15,18-19H2,1-2H3;1-6H;1H4;;;;2H;2*1H;;1-2H;1H2;2*1H/q;;;;;;;;-1;;;+1;;;;/p-1/t32-;31-;25-;;;;;;;;;;;;;/m000............./s1/i;;;;;;;;;;;;;;1+2;. The normalized spacial score (nSPS) is 10.8. The molecule has 15 aromatic rings. The molecule has 0 aliphatic rings. The van der Waals surface area contributed by atoms with Gasteiger partial charge in [0, 0.05) is 285 Å². The summed E-state index contributed by atoms with van der Waals surface area (Å²) < 4.78 is 33.4. The summed E-state index contributed by atoms with van der Waals surface area (Å²) >= 11 is 0. The zero-order chi connectivity index (χ0) is 87.6. The van der Waals surface area contributed by atoms with E-state index in [4.69, 9.17) is 48.2 Å². The summed E-state index contributed by atoms with van der Waals surface area (Å²) in [6, 6.07) is 95.3. The zero-order valence-electron chi connectivity index (χ0n) is 74.5. The Balaban J connectivity index is 0.00000180. The first-order valence-corrected chi connectivity index (χ1v) is 40.9. The molecule has 23 nitrogen and oxygen atoms in total. The molecule has 6 radical (unpaired) electrons. The van der Waals surface area contributed by atoms with E-state index >= 15 is 0 Å². The maximum absolute atomic E-state index is 12.4. The molecule has 682 valence electrons. The van der Waals surface area contributed by atoms with Crippen LogP contribution in [-0.2, 0) is 95.1 Å². The van der Waals surface area contributed by atoms with Crippen molar-refractivity contribution in [1.82, 2.24) is 43.8 Å². The van der Waals surface area contributed by atoms with Gasteiger partial charge in [0.05, 0.1) is 31.3 Å². The SMILES string of the molecule is C.COC(=O)[C@H](Cc1ccc(CN(CCc2nc(-c3ccccc3)oc2C)Cc2ccccc2)cc1)n1cccc1.COC(=O)[C@H](Cc1ccc(CNCCc2nc(-c3ccccc3)oc2C)cc1)n1cccc1.Cc1oc(-c2ccccc2)nc1CCN(Cc1ccccc1)Cc1ccc(C[C@@H](C(=O)O)n2cccc2)cc1.Cl.O.O=Cc1ccccc1.OO.[3HH].[Ac].[Ac].[Ac].[B-]O.[F-].[HH].[Na+]. The van der Waals surface area contributed by atoms with Gasteiger partial charge in [-0.3, -0.25) is 25.1 Å². The summed E-state index contributed by atoms with van der Waals surface area (Å²) in [7, 11) is 6.36. The summed E-state index contributed by atoms with van der Waals surface area (Å²) in [5, 5.41) is 31.7. The van der Waals surface area contributed by atoms with Gasteiger partial charge < -0.3 is 70.1 Å². The second kappa shape index (κ2) is 66.3. The van der Waals surface area contributed by atoms with E-state index in [-0.39, 0.29) is 219 Å². The molecule has 0 saturated heterocycles. The summed E-state index contributed by atoms with van der Waals surface area (Å²) in [6.07, 6.45) is 16.0. The predicted molar refractivity (Wildman–Crippen MR) is 503 cm³/mol. The van der Waals surface area contributed by atoms with Gasteiger partial charge in [-0.05, 0) is 138 Å². The molecule has 0 unspecified atom stereocenters. The van der Waals surface area contributed by atoms with Crippen LogP contribution in [0.3, 0.4) is 0 Å². The minimum Gasteiger partial charge on any atom is -1.00 e. The van der Waals surface area contributed by atoms with Crippen LogP contribution in [0.5, 0.6) is 0 Å². The first-order valence-electron chi connectivity index (χ1n) is 40.9. The van der Waals surface area contributed by atoms with Gasteiger partial charge in [-0.1, -0.05) is 226 Å². The van der Waals surface area contributed by atoms with Crippen molar-refractivity contribution in [3.8, 4) is 34.4 Å². The number of hydrogen-bond acceptors (Lipinski definition) is 18. The van der Waals surface area contributed by atoms with E-state index in [0.717, 1.165) is 151 Å². The van der Waals surface area contributed by atoms with Crippen molar-refractivity contribution in [1.29, 1.82) is 0 Å². The fraction of sp³-hybridized carbons (Fsp3) is 0.225. The van der Waals surface area contributed by atoms with E-state index in [1.54, 1.807) is 29.1 Å². The van der Waals surface area contributed by atoms with Crippen LogP contribution in [0.25, 0.3) is 34.4 Å². The molecule has 132 heavy (non-hydrogen) atoms. The quantitative estimate of drug-likeness (QED) is 0.00615. The third-order valence-electron chi connectivity index (χ3n) is 20.7. The smallest absolute Gasteiger partial charge is 1.00 e. The fourth-order valence-corrected chi connectivity index (χ4v) is 14.1. The number of aldehydes is 1. The Morgan fingerprint density at radius 1 is 0.424 bits per heavy atom. The summed E-state index contributed by atoms with van der Waals surface area (Å²) in [6.45, 7) is 12.4. The van der Waals surface area contributed by atoms with Gasteiger partial charge >= 0.3 is 47.5 Å². The average Bonchev–Trinajstić information content (AvgIpc) is 1.70. The first-order chi connectivity index (χ1) is 60.7.